The fourth-order valence-electron chi connectivity index (χ4n) is 1.60. The van der Waals surface area contributed by atoms with Crippen LogP contribution in [0.1, 0.15) is 40.0 Å². The molecule has 0 saturated heterocycles. The Morgan fingerprint density at radius 2 is 1.93 bits per heavy atom. The van der Waals surface area contributed by atoms with E-state index < -0.39 is 0 Å². The van der Waals surface area contributed by atoms with E-state index in [2.05, 4.69) is 26.1 Å². The van der Waals surface area contributed by atoms with E-state index >= 15 is 0 Å². The van der Waals surface area contributed by atoms with Gasteiger partial charge in [-0.3, -0.25) is 0 Å². The molecule has 1 atom stereocenters. The minimum Gasteiger partial charge on any atom is -0.396 e. The van der Waals surface area contributed by atoms with E-state index in [1.807, 2.05) is 0 Å². The highest BCUT2D eigenvalue weighted by atomic mass is 16.3. The molecule has 0 heterocycles. The number of aliphatic hydroxyl groups excluding tert-OH is 2. The minimum atomic E-state index is 0.0381. The molecule has 0 radical (unpaired) electrons. The first-order chi connectivity index (χ1) is 6.55. The Bertz CT molecular complexity index is 137. The normalized spacial score (nSPS) is 14.4. The van der Waals surface area contributed by atoms with Crippen LogP contribution < -0.4 is 5.32 Å². The summed E-state index contributed by atoms with van der Waals surface area (Å²) < 4.78 is 0. The molecule has 0 aliphatic rings. The summed E-state index contributed by atoms with van der Waals surface area (Å²) >= 11 is 0. The van der Waals surface area contributed by atoms with Crippen molar-refractivity contribution in [2.75, 3.05) is 19.8 Å². The second-order valence-corrected chi connectivity index (χ2v) is 4.69. The predicted octanol–water partition coefficient (Wildman–Crippen LogP) is 1.15. The van der Waals surface area contributed by atoms with E-state index in [1.165, 1.54) is 12.8 Å². The first-order valence-corrected chi connectivity index (χ1v) is 5.51. The maximum Gasteiger partial charge on any atom is 0.0585 e. The molecule has 0 aromatic rings. The zero-order valence-electron chi connectivity index (χ0n) is 9.71. The van der Waals surface area contributed by atoms with Gasteiger partial charge in [0, 0.05) is 19.2 Å². The smallest absolute Gasteiger partial charge is 0.0585 e. The van der Waals surface area contributed by atoms with Gasteiger partial charge in [0.2, 0.25) is 0 Å². The fraction of sp³-hybridized carbons (Fsp3) is 1.00. The van der Waals surface area contributed by atoms with Crippen LogP contribution >= 0.6 is 0 Å². The number of hydrogen-bond donors (Lipinski definition) is 3. The third-order valence-electron chi connectivity index (χ3n) is 2.49. The molecule has 3 heteroatoms. The van der Waals surface area contributed by atoms with Crippen molar-refractivity contribution in [1.29, 1.82) is 0 Å². The van der Waals surface area contributed by atoms with E-state index in [4.69, 9.17) is 10.2 Å². The van der Waals surface area contributed by atoms with E-state index in [-0.39, 0.29) is 24.7 Å². The van der Waals surface area contributed by atoms with Crippen molar-refractivity contribution in [1.82, 2.24) is 5.32 Å². The van der Waals surface area contributed by atoms with Crippen molar-refractivity contribution in [2.45, 2.75) is 46.1 Å². The van der Waals surface area contributed by atoms with E-state index in [1.54, 1.807) is 0 Å². The molecule has 86 valence electrons. The monoisotopic (exact) mass is 203 g/mol. The fourth-order valence-corrected chi connectivity index (χ4v) is 1.60. The molecule has 14 heavy (non-hydrogen) atoms. The number of aliphatic hydroxyl groups is 2. The Balaban J connectivity index is 3.76. The molecule has 0 saturated carbocycles. The molecule has 3 nitrogen and oxygen atoms in total. The Morgan fingerprint density at radius 3 is 2.36 bits per heavy atom. The zero-order chi connectivity index (χ0) is 11.0. The molecule has 3 N–H and O–H groups in total. The summed E-state index contributed by atoms with van der Waals surface area (Å²) in [5.41, 5.74) is 0.275. The van der Waals surface area contributed by atoms with Crippen LogP contribution in [0.5, 0.6) is 0 Å². The van der Waals surface area contributed by atoms with Gasteiger partial charge >= 0.3 is 0 Å². The topological polar surface area (TPSA) is 52.5 Å². The summed E-state index contributed by atoms with van der Waals surface area (Å²) in [7, 11) is 0. The van der Waals surface area contributed by atoms with Crippen LogP contribution in [0.3, 0.4) is 0 Å². The molecule has 0 aromatic heterocycles. The van der Waals surface area contributed by atoms with Crippen molar-refractivity contribution in [3.8, 4) is 0 Å². The first kappa shape index (κ1) is 13.9. The van der Waals surface area contributed by atoms with Crippen LogP contribution in [-0.4, -0.2) is 36.0 Å². The van der Waals surface area contributed by atoms with Gasteiger partial charge < -0.3 is 15.5 Å². The van der Waals surface area contributed by atoms with Gasteiger partial charge in [0.15, 0.2) is 0 Å². The van der Waals surface area contributed by atoms with E-state index in [9.17, 15) is 0 Å². The highest BCUT2D eigenvalue weighted by Gasteiger charge is 2.18. The van der Waals surface area contributed by atoms with Crippen molar-refractivity contribution in [3.05, 3.63) is 0 Å². The number of rotatable bonds is 8. The highest BCUT2D eigenvalue weighted by Crippen LogP contribution is 2.20. The standard InChI is InChI=1S/C11H25NO2/c1-4-6-11(2,3)9-12-10(8-14)5-7-13/h10,12-14H,4-9H2,1-3H3. The zero-order valence-corrected chi connectivity index (χ0v) is 9.71. The average Bonchev–Trinajstić information content (AvgIpc) is 2.12. The summed E-state index contributed by atoms with van der Waals surface area (Å²) in [6.07, 6.45) is 2.98. The van der Waals surface area contributed by atoms with Crippen molar-refractivity contribution < 1.29 is 10.2 Å². The molecule has 0 aromatic carbocycles. The molecule has 0 aliphatic carbocycles. The molecule has 1 unspecified atom stereocenters. The van der Waals surface area contributed by atoms with Crippen molar-refractivity contribution >= 4 is 0 Å². The van der Waals surface area contributed by atoms with Gasteiger partial charge in [0.25, 0.3) is 0 Å². The quantitative estimate of drug-likeness (QED) is 0.554. The van der Waals surface area contributed by atoms with Crippen molar-refractivity contribution in [2.24, 2.45) is 5.41 Å². The first-order valence-electron chi connectivity index (χ1n) is 5.51. The van der Waals surface area contributed by atoms with Crippen LogP contribution in [0.2, 0.25) is 0 Å². The summed E-state index contributed by atoms with van der Waals surface area (Å²) in [5, 5.41) is 21.0. The SMILES string of the molecule is CCCC(C)(C)CNC(CO)CCO. The lowest BCUT2D eigenvalue weighted by Crippen LogP contribution is -2.39. The molecule has 0 fully saturated rings. The third-order valence-corrected chi connectivity index (χ3v) is 2.49. The molecule has 0 rings (SSSR count). The number of hydrogen-bond acceptors (Lipinski definition) is 3. The predicted molar refractivity (Wildman–Crippen MR) is 59.3 cm³/mol. The van der Waals surface area contributed by atoms with E-state index in [0.29, 0.717) is 6.42 Å². The molecular weight excluding hydrogens is 178 g/mol. The van der Waals surface area contributed by atoms with Gasteiger partial charge in [-0.2, -0.15) is 0 Å². The van der Waals surface area contributed by atoms with Crippen LogP contribution in [0.25, 0.3) is 0 Å². The Kier molecular flexibility index (Phi) is 7.15. The molecule has 0 bridgehead atoms. The number of nitrogens with one attached hydrogen (secondary N) is 1. The van der Waals surface area contributed by atoms with Gasteiger partial charge in [-0.05, 0) is 18.3 Å². The lowest BCUT2D eigenvalue weighted by molar-refractivity contribution is 0.185. The highest BCUT2D eigenvalue weighted by molar-refractivity contribution is 4.74. The molecule has 0 spiro atoms. The van der Waals surface area contributed by atoms with Crippen molar-refractivity contribution in [3.63, 3.8) is 0 Å². The lowest BCUT2D eigenvalue weighted by atomic mass is 9.88. The van der Waals surface area contributed by atoms with Crippen LogP contribution in [0.15, 0.2) is 0 Å². The summed E-state index contributed by atoms with van der Waals surface area (Å²) in [6.45, 7) is 7.74. The summed E-state index contributed by atoms with van der Waals surface area (Å²) in [4.78, 5) is 0. The summed E-state index contributed by atoms with van der Waals surface area (Å²) in [6, 6.07) is 0.0381. The Hall–Kier alpha value is -0.120. The third kappa shape index (κ3) is 6.35. The molecule has 0 aliphatic heterocycles. The molecular formula is C11H25NO2. The van der Waals surface area contributed by atoms with E-state index in [0.717, 1.165) is 6.54 Å². The van der Waals surface area contributed by atoms with Gasteiger partial charge in [0.1, 0.15) is 0 Å². The largest absolute Gasteiger partial charge is 0.396 e. The van der Waals surface area contributed by atoms with Gasteiger partial charge in [-0.25, -0.2) is 0 Å². The van der Waals surface area contributed by atoms with Crippen LogP contribution in [-0.2, 0) is 0 Å². The molecule has 0 amide bonds. The van der Waals surface area contributed by atoms with Crippen LogP contribution in [0, 0.1) is 5.41 Å². The maximum absolute atomic E-state index is 9.01. The Labute approximate surface area is 87.5 Å². The lowest BCUT2D eigenvalue weighted by Gasteiger charge is -2.27. The van der Waals surface area contributed by atoms with Gasteiger partial charge in [0.05, 0.1) is 6.61 Å². The Morgan fingerprint density at radius 1 is 1.29 bits per heavy atom. The second-order valence-electron chi connectivity index (χ2n) is 4.69. The maximum atomic E-state index is 9.01. The second kappa shape index (κ2) is 7.21. The average molecular weight is 203 g/mol. The van der Waals surface area contributed by atoms with Gasteiger partial charge in [-0.15, -0.1) is 0 Å². The minimum absolute atomic E-state index is 0.0381. The summed E-state index contributed by atoms with van der Waals surface area (Å²) in [5.74, 6) is 0. The van der Waals surface area contributed by atoms with Gasteiger partial charge in [-0.1, -0.05) is 27.2 Å². The van der Waals surface area contributed by atoms with Crippen LogP contribution in [0.4, 0.5) is 0 Å².